The minimum atomic E-state index is 0. The van der Waals surface area contributed by atoms with Crippen LogP contribution in [0.2, 0.25) is 0 Å². The number of aryl methyl sites for hydroxylation is 2. The van der Waals surface area contributed by atoms with E-state index in [1.54, 1.807) is 0 Å². The molecule has 4 heteroatoms. The minimum absolute atomic E-state index is 0. The van der Waals surface area contributed by atoms with Crippen LogP contribution < -0.4 is 0 Å². The Labute approximate surface area is 334 Å². The van der Waals surface area contributed by atoms with Crippen molar-refractivity contribution in [3.8, 4) is 45.0 Å². The third-order valence-electron chi connectivity index (χ3n) is 9.79. The second-order valence-corrected chi connectivity index (χ2v) is 13.5. The number of pyridine rings is 3. The molecule has 0 aliphatic heterocycles. The quantitative estimate of drug-likeness (QED) is 0.165. The molecule has 7 aromatic carbocycles. The van der Waals surface area contributed by atoms with Gasteiger partial charge in [-0.25, -0.2) is 0 Å². The first kappa shape index (κ1) is 35.7. The summed E-state index contributed by atoms with van der Waals surface area (Å²) in [5.74, 6) is 0. The van der Waals surface area contributed by atoms with E-state index in [0.29, 0.717) is 0 Å². The zero-order valence-corrected chi connectivity index (χ0v) is 32.7. The van der Waals surface area contributed by atoms with E-state index in [2.05, 4.69) is 175 Å². The molecule has 0 fully saturated rings. The van der Waals surface area contributed by atoms with Crippen molar-refractivity contribution in [3.05, 3.63) is 199 Å². The van der Waals surface area contributed by atoms with Crippen molar-refractivity contribution in [2.75, 3.05) is 0 Å². The van der Waals surface area contributed by atoms with Gasteiger partial charge >= 0.3 is 20.1 Å². The van der Waals surface area contributed by atoms with E-state index in [1.165, 1.54) is 43.4 Å². The van der Waals surface area contributed by atoms with Gasteiger partial charge in [-0.3, -0.25) is 9.97 Å². The third-order valence-corrected chi connectivity index (χ3v) is 9.79. The van der Waals surface area contributed by atoms with Gasteiger partial charge < -0.3 is 4.98 Å². The van der Waals surface area contributed by atoms with Gasteiger partial charge in [-0.2, -0.15) is 0 Å². The Balaban J connectivity index is 0.000000153. The maximum absolute atomic E-state index is 5.01. The summed E-state index contributed by atoms with van der Waals surface area (Å²) in [5.41, 5.74) is 10.2. The standard InChI is InChI=1S/C26H17N.C25H17N2.Ir/c1-18-16-25(23-14-6-10-19-8-2-4-12-21(19)23)27-26(17-18)24-15-7-11-20-9-3-5-13-22(20)24;1-17-14-20(24-22-8-4-2-6-18(22)10-12-26-24)16-21(15-17)25-23-9-5-3-7-19(23)11-13-27-25;/h2-13,16-17H,1H3;2-15H,1H3;/q-2;-1;+3. The van der Waals surface area contributed by atoms with Crippen molar-refractivity contribution < 1.29 is 20.1 Å². The molecule has 0 aliphatic rings. The molecule has 55 heavy (non-hydrogen) atoms. The fraction of sp³-hybridized carbons (Fsp3) is 0.0392. The Morgan fingerprint density at radius 1 is 0.418 bits per heavy atom. The van der Waals surface area contributed by atoms with Crippen LogP contribution in [0.1, 0.15) is 11.1 Å². The topological polar surface area (TPSA) is 38.7 Å². The van der Waals surface area contributed by atoms with Crippen molar-refractivity contribution in [2.24, 2.45) is 0 Å². The van der Waals surface area contributed by atoms with Crippen LogP contribution in [0.5, 0.6) is 0 Å². The third kappa shape index (κ3) is 7.18. The number of fused-ring (bicyclic) bond motifs is 4. The van der Waals surface area contributed by atoms with Gasteiger partial charge in [0.1, 0.15) is 0 Å². The van der Waals surface area contributed by atoms with Crippen LogP contribution in [0.25, 0.3) is 88.1 Å². The van der Waals surface area contributed by atoms with Crippen LogP contribution in [-0.2, 0) is 20.1 Å². The first-order valence-corrected chi connectivity index (χ1v) is 18.1. The molecule has 0 bridgehead atoms. The van der Waals surface area contributed by atoms with E-state index >= 15 is 0 Å². The molecule has 0 unspecified atom stereocenters. The monoisotopic (exact) mass is 881 g/mol. The molecule has 262 valence electrons. The van der Waals surface area contributed by atoms with Gasteiger partial charge in [-0.1, -0.05) is 144 Å². The summed E-state index contributed by atoms with van der Waals surface area (Å²) in [6.07, 6.45) is 3.73. The average Bonchev–Trinajstić information content (AvgIpc) is 3.22. The molecule has 0 saturated carbocycles. The van der Waals surface area contributed by atoms with Crippen LogP contribution in [0.4, 0.5) is 0 Å². The van der Waals surface area contributed by atoms with Crippen molar-refractivity contribution >= 4 is 43.1 Å². The molecule has 3 nitrogen and oxygen atoms in total. The molecule has 10 rings (SSSR count). The summed E-state index contributed by atoms with van der Waals surface area (Å²) in [6.45, 7) is 4.22. The zero-order chi connectivity index (χ0) is 36.4. The molecule has 0 spiro atoms. The Morgan fingerprint density at radius 3 is 1.25 bits per heavy atom. The van der Waals surface area contributed by atoms with Crippen molar-refractivity contribution in [2.45, 2.75) is 13.8 Å². The molecule has 0 saturated heterocycles. The molecule has 0 aliphatic carbocycles. The van der Waals surface area contributed by atoms with E-state index < -0.39 is 0 Å². The molecular weight excluding hydrogens is 847 g/mol. The minimum Gasteiger partial charge on any atom is -0.345 e. The summed E-state index contributed by atoms with van der Waals surface area (Å²) in [6, 6.07) is 64.6. The number of rotatable bonds is 4. The zero-order valence-electron chi connectivity index (χ0n) is 30.3. The summed E-state index contributed by atoms with van der Waals surface area (Å²) >= 11 is 0. The predicted molar refractivity (Wildman–Crippen MR) is 224 cm³/mol. The second kappa shape index (κ2) is 15.6. The fourth-order valence-corrected chi connectivity index (χ4v) is 7.31. The van der Waals surface area contributed by atoms with Gasteiger partial charge in [0.2, 0.25) is 0 Å². The first-order chi connectivity index (χ1) is 26.6. The Bertz CT molecular complexity index is 2570. The molecule has 0 N–H and O–H groups in total. The molecule has 10 aromatic rings. The van der Waals surface area contributed by atoms with Crippen LogP contribution in [-0.4, -0.2) is 15.0 Å². The van der Waals surface area contributed by atoms with Crippen molar-refractivity contribution in [1.29, 1.82) is 0 Å². The second-order valence-electron chi connectivity index (χ2n) is 13.5. The maximum atomic E-state index is 5.01. The molecule has 0 amide bonds. The largest absolute Gasteiger partial charge is 3.00 e. The van der Waals surface area contributed by atoms with Crippen LogP contribution in [0.15, 0.2) is 170 Å². The SMILES string of the molecule is Cc1cc(-c2[c-]ccc3ccccc23)nc(-c2[c-]ccc3ccccc23)c1.Cc1cc(-c2nccc3ccccc23)[c-]c(-c2nccc3ccccc23)c1.[Ir+3]. The Morgan fingerprint density at radius 2 is 0.800 bits per heavy atom. The van der Waals surface area contributed by atoms with Gasteiger partial charge in [0.15, 0.2) is 0 Å². The van der Waals surface area contributed by atoms with Gasteiger partial charge in [-0.15, -0.1) is 82.1 Å². The van der Waals surface area contributed by atoms with Crippen molar-refractivity contribution in [3.63, 3.8) is 0 Å². The Kier molecular flexibility index (Phi) is 10.1. The average molecular weight is 881 g/mol. The predicted octanol–water partition coefficient (Wildman–Crippen LogP) is 12.9. The van der Waals surface area contributed by atoms with E-state index in [4.69, 9.17) is 4.98 Å². The number of hydrogen-bond acceptors (Lipinski definition) is 3. The molecule has 3 aromatic heterocycles. The normalized spacial score (nSPS) is 10.9. The van der Waals surface area contributed by atoms with E-state index in [-0.39, 0.29) is 20.1 Å². The van der Waals surface area contributed by atoms with E-state index in [0.717, 1.165) is 55.8 Å². The summed E-state index contributed by atoms with van der Waals surface area (Å²) < 4.78 is 0. The van der Waals surface area contributed by atoms with Crippen LogP contribution in [0.3, 0.4) is 0 Å². The Hall–Kier alpha value is -6.32. The summed E-state index contributed by atoms with van der Waals surface area (Å²) in [4.78, 5) is 14.3. The molecular formula is C51H34IrN3. The van der Waals surface area contributed by atoms with E-state index in [9.17, 15) is 0 Å². The van der Waals surface area contributed by atoms with Gasteiger partial charge in [-0.05, 0) is 52.0 Å². The number of aromatic nitrogens is 3. The number of benzene rings is 7. The smallest absolute Gasteiger partial charge is 0.345 e. The summed E-state index contributed by atoms with van der Waals surface area (Å²) in [7, 11) is 0. The molecule has 3 heterocycles. The van der Waals surface area contributed by atoms with Crippen molar-refractivity contribution in [1.82, 2.24) is 15.0 Å². The molecule has 0 atom stereocenters. The maximum Gasteiger partial charge on any atom is 3.00 e. The van der Waals surface area contributed by atoms with Gasteiger partial charge in [0.25, 0.3) is 0 Å². The summed E-state index contributed by atoms with van der Waals surface area (Å²) in [5, 5.41) is 9.39. The molecule has 0 radical (unpaired) electrons. The van der Waals surface area contributed by atoms with Crippen LogP contribution in [0, 0.1) is 32.0 Å². The van der Waals surface area contributed by atoms with Gasteiger partial charge in [0, 0.05) is 23.8 Å². The van der Waals surface area contributed by atoms with Gasteiger partial charge in [0.05, 0.1) is 0 Å². The fourth-order valence-electron chi connectivity index (χ4n) is 7.31. The first-order valence-electron chi connectivity index (χ1n) is 18.1. The number of hydrogen-bond donors (Lipinski definition) is 0. The van der Waals surface area contributed by atoms with E-state index in [1.807, 2.05) is 36.7 Å². The number of nitrogens with zero attached hydrogens (tertiary/aromatic N) is 3. The van der Waals surface area contributed by atoms with Crippen LogP contribution >= 0.6 is 0 Å².